The van der Waals surface area contributed by atoms with Gasteiger partial charge in [0.2, 0.25) is 0 Å². The Morgan fingerprint density at radius 2 is 2.04 bits per heavy atom. The highest BCUT2D eigenvalue weighted by Crippen LogP contribution is 2.26. The average molecular weight is 345 g/mol. The van der Waals surface area contributed by atoms with Crippen molar-refractivity contribution in [1.29, 1.82) is 0 Å². The molecule has 0 saturated carbocycles. The molecule has 0 spiro atoms. The van der Waals surface area contributed by atoms with Crippen molar-refractivity contribution in [3.63, 3.8) is 0 Å². The van der Waals surface area contributed by atoms with Crippen LogP contribution < -0.4 is 5.32 Å². The molecule has 6 nitrogen and oxygen atoms in total. The zero-order chi connectivity index (χ0) is 17.1. The van der Waals surface area contributed by atoms with Crippen LogP contribution in [-0.2, 0) is 0 Å². The number of piperazine rings is 1. The van der Waals surface area contributed by atoms with Gasteiger partial charge in [-0.25, -0.2) is 0 Å². The monoisotopic (exact) mass is 345 g/mol. The third-order valence-electron chi connectivity index (χ3n) is 4.57. The van der Waals surface area contributed by atoms with Crippen molar-refractivity contribution in [2.45, 2.75) is 19.9 Å². The minimum Gasteiger partial charge on any atom is -0.378 e. The maximum atomic E-state index is 12.8. The van der Waals surface area contributed by atoms with Crippen molar-refractivity contribution in [3.8, 4) is 0 Å². The topological polar surface area (TPSA) is 61.4 Å². The molecule has 24 heavy (non-hydrogen) atoms. The SMILES string of the molecule is CNc1snc(C)c1C(=O)N1CCN(C(C)c2ccccn2)CC1. The molecule has 1 atom stereocenters. The molecule has 1 saturated heterocycles. The number of nitrogens with zero attached hydrogens (tertiary/aromatic N) is 4. The van der Waals surface area contributed by atoms with Gasteiger partial charge in [0, 0.05) is 45.5 Å². The summed E-state index contributed by atoms with van der Waals surface area (Å²) < 4.78 is 4.30. The number of hydrogen-bond donors (Lipinski definition) is 1. The molecule has 1 amide bonds. The van der Waals surface area contributed by atoms with Crippen LogP contribution in [0.2, 0.25) is 0 Å². The first-order valence-electron chi connectivity index (χ1n) is 8.20. The van der Waals surface area contributed by atoms with Crippen LogP contribution in [-0.4, -0.2) is 58.3 Å². The maximum absolute atomic E-state index is 12.8. The van der Waals surface area contributed by atoms with Crippen molar-refractivity contribution in [2.75, 3.05) is 38.5 Å². The number of anilines is 1. The fourth-order valence-electron chi connectivity index (χ4n) is 3.07. The van der Waals surface area contributed by atoms with Crippen LogP contribution in [0.4, 0.5) is 5.00 Å². The summed E-state index contributed by atoms with van der Waals surface area (Å²) in [4.78, 5) is 21.6. The Kier molecular flexibility index (Phi) is 5.11. The standard InChI is InChI=1S/C17H23N5OS/c1-12-15(16(18-3)24-20-12)17(23)22-10-8-21(9-11-22)13(2)14-6-4-5-7-19-14/h4-7,13,18H,8-11H2,1-3H3. The average Bonchev–Trinajstić information content (AvgIpc) is 3.02. The number of pyridine rings is 1. The molecular weight excluding hydrogens is 322 g/mol. The molecule has 0 aliphatic carbocycles. The van der Waals surface area contributed by atoms with Gasteiger partial charge < -0.3 is 10.2 Å². The molecule has 7 heteroatoms. The Morgan fingerprint density at radius 3 is 2.67 bits per heavy atom. The lowest BCUT2D eigenvalue weighted by Gasteiger charge is -2.37. The van der Waals surface area contributed by atoms with Gasteiger partial charge in [-0.15, -0.1) is 0 Å². The molecule has 1 aliphatic rings. The van der Waals surface area contributed by atoms with Crippen molar-refractivity contribution >= 4 is 22.4 Å². The number of aromatic nitrogens is 2. The highest BCUT2D eigenvalue weighted by atomic mass is 32.1. The molecule has 1 unspecified atom stereocenters. The molecule has 1 fully saturated rings. The summed E-state index contributed by atoms with van der Waals surface area (Å²) in [5, 5.41) is 3.92. The van der Waals surface area contributed by atoms with E-state index in [1.807, 2.05) is 37.2 Å². The minimum absolute atomic E-state index is 0.0794. The Balaban J connectivity index is 1.65. The van der Waals surface area contributed by atoms with E-state index in [0.717, 1.165) is 42.6 Å². The Labute approximate surface area is 146 Å². The van der Waals surface area contributed by atoms with E-state index in [4.69, 9.17) is 0 Å². The zero-order valence-electron chi connectivity index (χ0n) is 14.3. The second kappa shape index (κ2) is 7.27. The van der Waals surface area contributed by atoms with Gasteiger partial charge in [-0.3, -0.25) is 14.7 Å². The number of hydrogen-bond acceptors (Lipinski definition) is 6. The van der Waals surface area contributed by atoms with Crippen LogP contribution in [0.3, 0.4) is 0 Å². The molecular formula is C17H23N5OS. The molecule has 3 rings (SSSR count). The Morgan fingerprint density at radius 1 is 1.29 bits per heavy atom. The molecule has 128 valence electrons. The molecule has 0 aromatic carbocycles. The highest BCUT2D eigenvalue weighted by Gasteiger charge is 2.28. The first-order chi connectivity index (χ1) is 11.6. The lowest BCUT2D eigenvalue weighted by atomic mass is 10.1. The molecule has 0 radical (unpaired) electrons. The predicted molar refractivity (Wildman–Crippen MR) is 96.5 cm³/mol. The quantitative estimate of drug-likeness (QED) is 0.922. The van der Waals surface area contributed by atoms with Gasteiger partial charge >= 0.3 is 0 Å². The summed E-state index contributed by atoms with van der Waals surface area (Å²) in [5.74, 6) is 0.0794. The van der Waals surface area contributed by atoms with Crippen LogP contribution in [0, 0.1) is 6.92 Å². The fraction of sp³-hybridized carbons (Fsp3) is 0.471. The molecule has 2 aromatic rings. The summed E-state index contributed by atoms with van der Waals surface area (Å²) in [6, 6.07) is 6.27. The van der Waals surface area contributed by atoms with Crippen molar-refractivity contribution in [1.82, 2.24) is 19.2 Å². The number of aryl methyl sites for hydroxylation is 1. The molecule has 3 heterocycles. The second-order valence-electron chi connectivity index (χ2n) is 5.98. The van der Waals surface area contributed by atoms with Crippen molar-refractivity contribution < 1.29 is 4.79 Å². The van der Waals surface area contributed by atoms with E-state index in [2.05, 4.69) is 32.6 Å². The van der Waals surface area contributed by atoms with Gasteiger partial charge in [-0.05, 0) is 37.5 Å². The van der Waals surface area contributed by atoms with E-state index in [-0.39, 0.29) is 11.9 Å². The molecule has 1 aliphatic heterocycles. The summed E-state index contributed by atoms with van der Waals surface area (Å²) in [6.07, 6.45) is 1.83. The normalized spacial score (nSPS) is 16.9. The van der Waals surface area contributed by atoms with E-state index in [1.165, 1.54) is 11.5 Å². The second-order valence-corrected chi connectivity index (χ2v) is 6.75. The first-order valence-corrected chi connectivity index (χ1v) is 8.97. The van der Waals surface area contributed by atoms with Crippen molar-refractivity contribution in [2.24, 2.45) is 0 Å². The van der Waals surface area contributed by atoms with E-state index in [0.29, 0.717) is 5.56 Å². The largest absolute Gasteiger partial charge is 0.378 e. The summed E-state index contributed by atoms with van der Waals surface area (Å²) in [7, 11) is 1.83. The third kappa shape index (κ3) is 3.27. The minimum atomic E-state index is 0.0794. The van der Waals surface area contributed by atoms with Crippen LogP contribution in [0.15, 0.2) is 24.4 Å². The van der Waals surface area contributed by atoms with Crippen LogP contribution >= 0.6 is 11.5 Å². The summed E-state index contributed by atoms with van der Waals surface area (Å²) >= 11 is 1.34. The number of nitrogens with one attached hydrogen (secondary N) is 1. The zero-order valence-corrected chi connectivity index (χ0v) is 15.1. The fourth-order valence-corrected chi connectivity index (χ4v) is 3.81. The first kappa shape index (κ1) is 16.9. The van der Waals surface area contributed by atoms with E-state index < -0.39 is 0 Å². The lowest BCUT2D eigenvalue weighted by Crippen LogP contribution is -2.49. The van der Waals surface area contributed by atoms with Gasteiger partial charge in [-0.1, -0.05) is 6.07 Å². The maximum Gasteiger partial charge on any atom is 0.258 e. The molecule has 2 aromatic heterocycles. The number of carbonyl (C=O) groups excluding carboxylic acids is 1. The Hall–Kier alpha value is -1.99. The smallest absolute Gasteiger partial charge is 0.258 e. The predicted octanol–water partition coefficient (Wildman–Crippen LogP) is 2.41. The number of rotatable bonds is 4. The van der Waals surface area contributed by atoms with Crippen molar-refractivity contribution in [3.05, 3.63) is 41.3 Å². The van der Waals surface area contributed by atoms with Gasteiger partial charge in [0.1, 0.15) is 5.00 Å². The van der Waals surface area contributed by atoms with Gasteiger partial charge in [0.15, 0.2) is 0 Å². The van der Waals surface area contributed by atoms with Crippen LogP contribution in [0.1, 0.15) is 34.7 Å². The third-order valence-corrected chi connectivity index (χ3v) is 5.52. The molecule has 1 N–H and O–H groups in total. The Bertz CT molecular complexity index is 694. The van der Waals surface area contributed by atoms with Gasteiger partial charge in [0.05, 0.1) is 17.0 Å². The van der Waals surface area contributed by atoms with Crippen LogP contribution in [0.25, 0.3) is 0 Å². The summed E-state index contributed by atoms with van der Waals surface area (Å²) in [5.41, 5.74) is 2.60. The van der Waals surface area contributed by atoms with Gasteiger partial charge in [0.25, 0.3) is 5.91 Å². The summed E-state index contributed by atoms with van der Waals surface area (Å²) in [6.45, 7) is 7.24. The highest BCUT2D eigenvalue weighted by molar-refractivity contribution is 7.10. The number of carbonyl (C=O) groups is 1. The van der Waals surface area contributed by atoms with Crippen LogP contribution in [0.5, 0.6) is 0 Å². The van der Waals surface area contributed by atoms with E-state index in [1.54, 1.807) is 0 Å². The number of amides is 1. The van der Waals surface area contributed by atoms with Gasteiger partial charge in [-0.2, -0.15) is 4.37 Å². The molecule has 0 bridgehead atoms. The van der Waals surface area contributed by atoms with E-state index >= 15 is 0 Å². The lowest BCUT2D eigenvalue weighted by molar-refractivity contribution is 0.0579. The van der Waals surface area contributed by atoms with E-state index in [9.17, 15) is 4.79 Å².